The Morgan fingerprint density at radius 2 is 1.75 bits per heavy atom. The minimum Gasteiger partial charge on any atom is -0.369 e. The van der Waals surface area contributed by atoms with Gasteiger partial charge in [-0.05, 0) is 42.0 Å². The van der Waals surface area contributed by atoms with Crippen LogP contribution in [0.15, 0.2) is 53.5 Å². The van der Waals surface area contributed by atoms with Gasteiger partial charge in [0.1, 0.15) is 5.82 Å². The molecule has 1 heterocycles. The second-order valence-electron chi connectivity index (χ2n) is 4.61. The van der Waals surface area contributed by atoms with E-state index < -0.39 is 0 Å². The van der Waals surface area contributed by atoms with Gasteiger partial charge in [0.15, 0.2) is 5.96 Å². The lowest BCUT2D eigenvalue weighted by atomic mass is 10.1. The largest absolute Gasteiger partial charge is 0.369 e. The molecule has 20 heavy (non-hydrogen) atoms. The van der Waals surface area contributed by atoms with Gasteiger partial charge in [-0.25, -0.2) is 4.39 Å². The third-order valence-electron chi connectivity index (χ3n) is 3.34. The minimum absolute atomic E-state index is 0.0169. The van der Waals surface area contributed by atoms with Crippen molar-refractivity contribution >= 4 is 23.2 Å². The number of halogens is 2. The third kappa shape index (κ3) is 2.34. The zero-order valence-electron chi connectivity index (χ0n) is 10.6. The SMILES string of the molecule is NC1=NCC(c2ccc(F)cc2)N1c1ccc(Cl)cc1. The molecule has 1 aliphatic rings. The van der Waals surface area contributed by atoms with Crippen LogP contribution in [0.5, 0.6) is 0 Å². The van der Waals surface area contributed by atoms with Gasteiger partial charge in [0.2, 0.25) is 0 Å². The number of hydrogen-bond acceptors (Lipinski definition) is 3. The van der Waals surface area contributed by atoms with Gasteiger partial charge in [-0.3, -0.25) is 4.99 Å². The molecule has 3 rings (SSSR count). The fourth-order valence-electron chi connectivity index (χ4n) is 2.35. The van der Waals surface area contributed by atoms with E-state index in [1.165, 1.54) is 12.1 Å². The van der Waals surface area contributed by atoms with Gasteiger partial charge in [-0.2, -0.15) is 0 Å². The van der Waals surface area contributed by atoms with E-state index >= 15 is 0 Å². The number of nitrogens with two attached hydrogens (primary N) is 1. The predicted molar refractivity (Wildman–Crippen MR) is 79.6 cm³/mol. The van der Waals surface area contributed by atoms with Crippen LogP contribution in [0.25, 0.3) is 0 Å². The normalized spacial score (nSPS) is 18.2. The first-order valence-electron chi connectivity index (χ1n) is 6.25. The molecule has 0 saturated heterocycles. The van der Waals surface area contributed by atoms with Gasteiger partial charge in [-0.1, -0.05) is 23.7 Å². The second kappa shape index (κ2) is 5.13. The van der Waals surface area contributed by atoms with Gasteiger partial charge in [-0.15, -0.1) is 0 Å². The maximum Gasteiger partial charge on any atom is 0.196 e. The van der Waals surface area contributed by atoms with Crippen LogP contribution in [0, 0.1) is 5.82 Å². The first-order valence-corrected chi connectivity index (χ1v) is 6.63. The molecule has 0 spiro atoms. The van der Waals surface area contributed by atoms with E-state index in [4.69, 9.17) is 17.3 Å². The number of anilines is 1. The van der Waals surface area contributed by atoms with Crippen LogP contribution in [0.4, 0.5) is 10.1 Å². The average molecular weight is 290 g/mol. The average Bonchev–Trinajstić information content (AvgIpc) is 2.83. The predicted octanol–water partition coefficient (Wildman–Crippen LogP) is 3.36. The van der Waals surface area contributed by atoms with Gasteiger partial charge in [0.25, 0.3) is 0 Å². The summed E-state index contributed by atoms with van der Waals surface area (Å²) >= 11 is 5.90. The smallest absolute Gasteiger partial charge is 0.196 e. The number of benzene rings is 2. The number of aliphatic imine (C=N–C) groups is 1. The van der Waals surface area contributed by atoms with E-state index in [0.717, 1.165) is 11.3 Å². The minimum atomic E-state index is -0.251. The molecule has 0 aliphatic carbocycles. The van der Waals surface area contributed by atoms with Crippen LogP contribution in [0.2, 0.25) is 5.02 Å². The number of guanidine groups is 1. The summed E-state index contributed by atoms with van der Waals surface area (Å²) in [7, 11) is 0. The Morgan fingerprint density at radius 3 is 2.40 bits per heavy atom. The summed E-state index contributed by atoms with van der Waals surface area (Å²) in [6, 6.07) is 13.8. The van der Waals surface area contributed by atoms with Gasteiger partial charge in [0.05, 0.1) is 12.6 Å². The molecule has 2 aromatic rings. The standard InChI is InChI=1S/C15H13ClFN3/c16-11-3-7-13(8-4-11)20-14(9-19-15(20)18)10-1-5-12(17)6-2-10/h1-8,14H,9H2,(H2,18,19). The van der Waals surface area contributed by atoms with E-state index in [1.807, 2.05) is 29.2 Å². The molecule has 0 radical (unpaired) electrons. The Balaban J connectivity index is 1.96. The molecule has 2 N–H and O–H groups in total. The van der Waals surface area contributed by atoms with Crippen molar-refractivity contribution in [2.24, 2.45) is 10.7 Å². The summed E-state index contributed by atoms with van der Waals surface area (Å²) in [5, 5.41) is 0.668. The molecule has 3 nitrogen and oxygen atoms in total. The van der Waals surface area contributed by atoms with E-state index in [0.29, 0.717) is 17.5 Å². The summed E-state index contributed by atoms with van der Waals surface area (Å²) < 4.78 is 13.0. The number of rotatable bonds is 2. The van der Waals surface area contributed by atoms with Crippen LogP contribution in [0.1, 0.15) is 11.6 Å². The molecule has 0 saturated carbocycles. The molecule has 1 aliphatic heterocycles. The Morgan fingerprint density at radius 1 is 1.10 bits per heavy atom. The maximum atomic E-state index is 13.0. The Labute approximate surface area is 121 Å². The fourth-order valence-corrected chi connectivity index (χ4v) is 2.48. The maximum absolute atomic E-state index is 13.0. The molecule has 1 atom stereocenters. The van der Waals surface area contributed by atoms with E-state index in [9.17, 15) is 4.39 Å². The van der Waals surface area contributed by atoms with Crippen molar-refractivity contribution in [3.8, 4) is 0 Å². The second-order valence-corrected chi connectivity index (χ2v) is 5.05. The lowest BCUT2D eigenvalue weighted by Crippen LogP contribution is -2.36. The van der Waals surface area contributed by atoms with Gasteiger partial charge >= 0.3 is 0 Å². The molecular weight excluding hydrogens is 277 g/mol. The van der Waals surface area contributed by atoms with Crippen LogP contribution in [0.3, 0.4) is 0 Å². The lowest BCUT2D eigenvalue weighted by Gasteiger charge is -2.26. The van der Waals surface area contributed by atoms with Crippen LogP contribution >= 0.6 is 11.6 Å². The fraction of sp³-hybridized carbons (Fsp3) is 0.133. The van der Waals surface area contributed by atoms with Crippen LogP contribution in [-0.4, -0.2) is 12.5 Å². The lowest BCUT2D eigenvalue weighted by molar-refractivity contribution is 0.625. The van der Waals surface area contributed by atoms with E-state index in [-0.39, 0.29) is 11.9 Å². The van der Waals surface area contributed by atoms with Gasteiger partial charge < -0.3 is 10.6 Å². The molecule has 0 fully saturated rings. The zero-order chi connectivity index (χ0) is 14.1. The highest BCUT2D eigenvalue weighted by atomic mass is 35.5. The van der Waals surface area contributed by atoms with Crippen molar-refractivity contribution in [2.75, 3.05) is 11.4 Å². The molecule has 0 amide bonds. The Bertz CT molecular complexity index is 637. The van der Waals surface area contributed by atoms with Crippen LogP contribution < -0.4 is 10.6 Å². The molecule has 1 unspecified atom stereocenters. The first-order chi connectivity index (χ1) is 9.65. The van der Waals surface area contributed by atoms with E-state index in [1.54, 1.807) is 12.1 Å². The summed E-state index contributed by atoms with van der Waals surface area (Å²) in [4.78, 5) is 6.22. The Hall–Kier alpha value is -2.07. The zero-order valence-corrected chi connectivity index (χ0v) is 11.4. The van der Waals surface area contributed by atoms with Crippen LogP contribution in [-0.2, 0) is 0 Å². The molecule has 2 aromatic carbocycles. The van der Waals surface area contributed by atoms with E-state index in [2.05, 4.69) is 4.99 Å². The summed E-state index contributed by atoms with van der Waals surface area (Å²) in [5.41, 5.74) is 7.87. The van der Waals surface area contributed by atoms with Crippen molar-refractivity contribution in [3.63, 3.8) is 0 Å². The number of hydrogen-bond donors (Lipinski definition) is 1. The number of nitrogens with zero attached hydrogens (tertiary/aromatic N) is 2. The topological polar surface area (TPSA) is 41.6 Å². The highest BCUT2D eigenvalue weighted by molar-refractivity contribution is 6.30. The molecular formula is C15H13ClFN3. The highest BCUT2D eigenvalue weighted by Crippen LogP contribution is 2.31. The van der Waals surface area contributed by atoms with Crippen molar-refractivity contribution in [3.05, 3.63) is 64.9 Å². The highest BCUT2D eigenvalue weighted by Gasteiger charge is 2.28. The van der Waals surface area contributed by atoms with Gasteiger partial charge in [0, 0.05) is 10.7 Å². The molecule has 0 bridgehead atoms. The van der Waals surface area contributed by atoms with Crippen molar-refractivity contribution < 1.29 is 4.39 Å². The molecule has 102 valence electrons. The Kier molecular flexibility index (Phi) is 3.32. The summed E-state index contributed by atoms with van der Waals surface area (Å²) in [6.07, 6.45) is 0. The molecule has 5 heteroatoms. The summed E-state index contributed by atoms with van der Waals surface area (Å²) in [6.45, 7) is 0.556. The van der Waals surface area contributed by atoms with Crippen molar-refractivity contribution in [1.29, 1.82) is 0 Å². The third-order valence-corrected chi connectivity index (χ3v) is 3.60. The molecule has 0 aromatic heterocycles. The first kappa shape index (κ1) is 12.9. The quantitative estimate of drug-likeness (QED) is 0.921. The van der Waals surface area contributed by atoms with Crippen molar-refractivity contribution in [1.82, 2.24) is 0 Å². The summed E-state index contributed by atoms with van der Waals surface area (Å²) in [5.74, 6) is 0.209. The monoisotopic (exact) mass is 289 g/mol. The van der Waals surface area contributed by atoms with Crippen molar-refractivity contribution in [2.45, 2.75) is 6.04 Å².